The van der Waals surface area contributed by atoms with E-state index in [-0.39, 0.29) is 25.0 Å². The van der Waals surface area contributed by atoms with Crippen molar-refractivity contribution >= 4 is 6.09 Å². The molecule has 1 amide bonds. The lowest BCUT2D eigenvalue weighted by Crippen LogP contribution is -2.44. The summed E-state index contributed by atoms with van der Waals surface area (Å²) in [5, 5.41) is 9.39. The van der Waals surface area contributed by atoms with Crippen molar-refractivity contribution in [2.24, 2.45) is 0 Å². The fraction of sp³-hybridized carbons (Fsp3) is 0.952. The highest BCUT2D eigenvalue weighted by Gasteiger charge is 2.27. The molecule has 0 saturated carbocycles. The van der Waals surface area contributed by atoms with E-state index in [0.717, 1.165) is 64.6 Å². The van der Waals surface area contributed by atoms with Gasteiger partial charge in [0.25, 0.3) is 0 Å². The Morgan fingerprint density at radius 2 is 2.00 bits per heavy atom. The zero-order valence-electron chi connectivity index (χ0n) is 17.9. The zero-order valence-corrected chi connectivity index (χ0v) is 17.9. The van der Waals surface area contributed by atoms with Crippen molar-refractivity contribution in [1.82, 2.24) is 4.90 Å². The Labute approximate surface area is 165 Å². The van der Waals surface area contributed by atoms with Crippen LogP contribution in [0.1, 0.15) is 85.5 Å². The summed E-state index contributed by atoms with van der Waals surface area (Å²) in [7, 11) is 0. The molecule has 1 rings (SSSR count). The molecule has 0 spiro atoms. The average molecular weight is 388 g/mol. The Balaban J connectivity index is 2.36. The number of amides is 1. The Bertz CT molecular complexity index is 391. The molecular weight excluding hydrogens is 346 g/mol. The number of rotatable bonds is 12. The number of hydrogen-bond acceptors (Lipinski definition) is 5. The number of ether oxygens (including phenoxy) is 3. The summed E-state index contributed by atoms with van der Waals surface area (Å²) in [6.07, 6.45) is 8.94. The average Bonchev–Trinajstić information content (AvgIpc) is 2.61. The van der Waals surface area contributed by atoms with Gasteiger partial charge in [-0.1, -0.05) is 26.2 Å². The van der Waals surface area contributed by atoms with Crippen LogP contribution in [0.2, 0.25) is 0 Å². The molecule has 1 heterocycles. The molecule has 6 nitrogen and oxygen atoms in total. The second-order valence-electron chi connectivity index (χ2n) is 8.36. The Hall–Kier alpha value is -0.850. The third kappa shape index (κ3) is 10.9. The second-order valence-corrected chi connectivity index (χ2v) is 8.36. The van der Waals surface area contributed by atoms with Crippen LogP contribution >= 0.6 is 0 Å². The van der Waals surface area contributed by atoms with E-state index in [9.17, 15) is 9.90 Å². The van der Waals surface area contributed by atoms with Crippen molar-refractivity contribution < 1.29 is 24.1 Å². The SMILES string of the molecule is CCCC(CCCCCOC1CCCCO1)N(CCO)C(=O)OC(C)(C)C. The van der Waals surface area contributed by atoms with Gasteiger partial charge < -0.3 is 24.2 Å². The van der Waals surface area contributed by atoms with Crippen molar-refractivity contribution in [3.8, 4) is 0 Å². The molecular formula is C21H41NO5. The number of unbranched alkanes of at least 4 members (excludes halogenated alkanes) is 2. The fourth-order valence-corrected chi connectivity index (χ4v) is 3.36. The molecule has 0 aromatic carbocycles. The molecule has 27 heavy (non-hydrogen) atoms. The third-order valence-electron chi connectivity index (χ3n) is 4.65. The summed E-state index contributed by atoms with van der Waals surface area (Å²) in [5.74, 6) is 0. The molecule has 0 aliphatic carbocycles. The summed E-state index contributed by atoms with van der Waals surface area (Å²) >= 11 is 0. The summed E-state index contributed by atoms with van der Waals surface area (Å²) < 4.78 is 16.9. The van der Waals surface area contributed by atoms with Crippen LogP contribution in [0, 0.1) is 0 Å². The molecule has 0 bridgehead atoms. The van der Waals surface area contributed by atoms with E-state index in [0.29, 0.717) is 6.54 Å². The predicted molar refractivity (Wildman–Crippen MR) is 107 cm³/mol. The molecule has 0 radical (unpaired) electrons. The first-order valence-corrected chi connectivity index (χ1v) is 10.7. The Kier molecular flexibility index (Phi) is 12.0. The number of hydrogen-bond donors (Lipinski definition) is 1. The number of aliphatic hydroxyl groups excluding tert-OH is 1. The van der Waals surface area contributed by atoms with Gasteiger partial charge in [0.1, 0.15) is 5.60 Å². The molecule has 2 atom stereocenters. The number of aliphatic hydroxyl groups is 1. The minimum atomic E-state index is -0.528. The van der Waals surface area contributed by atoms with Crippen LogP contribution < -0.4 is 0 Å². The van der Waals surface area contributed by atoms with Gasteiger partial charge in [-0.15, -0.1) is 0 Å². The van der Waals surface area contributed by atoms with Gasteiger partial charge >= 0.3 is 6.09 Å². The van der Waals surface area contributed by atoms with Crippen molar-refractivity contribution in [3.63, 3.8) is 0 Å². The highest BCUT2D eigenvalue weighted by Crippen LogP contribution is 2.19. The van der Waals surface area contributed by atoms with Crippen LogP contribution in [0.15, 0.2) is 0 Å². The first kappa shape index (κ1) is 24.2. The van der Waals surface area contributed by atoms with Crippen LogP contribution in [-0.4, -0.2) is 60.4 Å². The monoisotopic (exact) mass is 387 g/mol. The van der Waals surface area contributed by atoms with Crippen molar-refractivity contribution in [2.75, 3.05) is 26.4 Å². The van der Waals surface area contributed by atoms with Gasteiger partial charge in [-0.2, -0.15) is 0 Å². The van der Waals surface area contributed by atoms with E-state index in [2.05, 4.69) is 6.92 Å². The van der Waals surface area contributed by atoms with Gasteiger partial charge in [0.2, 0.25) is 0 Å². The summed E-state index contributed by atoms with van der Waals surface area (Å²) in [6.45, 7) is 9.55. The van der Waals surface area contributed by atoms with E-state index < -0.39 is 5.60 Å². The molecule has 0 aromatic rings. The second kappa shape index (κ2) is 13.3. The van der Waals surface area contributed by atoms with Crippen LogP contribution in [0.4, 0.5) is 4.79 Å². The molecule has 1 saturated heterocycles. The topological polar surface area (TPSA) is 68.2 Å². The van der Waals surface area contributed by atoms with Gasteiger partial charge in [0, 0.05) is 25.8 Å². The van der Waals surface area contributed by atoms with E-state index >= 15 is 0 Å². The standard InChI is InChI=1S/C21H41NO5/c1-5-11-18(22(14-15-23)20(24)27-21(2,3)4)12-7-6-9-16-25-19-13-8-10-17-26-19/h18-19,23H,5-17H2,1-4H3. The van der Waals surface area contributed by atoms with Gasteiger partial charge in [-0.3, -0.25) is 0 Å². The molecule has 6 heteroatoms. The molecule has 0 aromatic heterocycles. The van der Waals surface area contributed by atoms with E-state index in [4.69, 9.17) is 14.2 Å². The van der Waals surface area contributed by atoms with Crippen molar-refractivity contribution in [3.05, 3.63) is 0 Å². The van der Waals surface area contributed by atoms with Crippen LogP contribution in [0.25, 0.3) is 0 Å². The van der Waals surface area contributed by atoms with E-state index in [1.54, 1.807) is 4.90 Å². The maximum absolute atomic E-state index is 12.5. The normalized spacial score (nSPS) is 18.9. The first-order chi connectivity index (χ1) is 12.9. The zero-order chi connectivity index (χ0) is 20.1. The van der Waals surface area contributed by atoms with E-state index in [1.165, 1.54) is 6.42 Å². The number of nitrogens with zero attached hydrogens (tertiary/aromatic N) is 1. The maximum Gasteiger partial charge on any atom is 0.410 e. The molecule has 1 N–H and O–H groups in total. The molecule has 2 unspecified atom stereocenters. The number of carbonyl (C=O) groups excluding carboxylic acids is 1. The largest absolute Gasteiger partial charge is 0.444 e. The molecule has 160 valence electrons. The highest BCUT2D eigenvalue weighted by molar-refractivity contribution is 5.68. The minimum absolute atomic E-state index is 0.0150. The van der Waals surface area contributed by atoms with Gasteiger partial charge in [-0.05, 0) is 59.3 Å². The van der Waals surface area contributed by atoms with Crippen LogP contribution in [0.5, 0.6) is 0 Å². The Morgan fingerprint density at radius 3 is 2.59 bits per heavy atom. The summed E-state index contributed by atoms with van der Waals surface area (Å²) in [6, 6.07) is 0.111. The quantitative estimate of drug-likeness (QED) is 0.500. The lowest BCUT2D eigenvalue weighted by molar-refractivity contribution is -0.162. The fourth-order valence-electron chi connectivity index (χ4n) is 3.36. The maximum atomic E-state index is 12.5. The smallest absolute Gasteiger partial charge is 0.410 e. The van der Waals surface area contributed by atoms with Crippen LogP contribution in [0.3, 0.4) is 0 Å². The predicted octanol–water partition coefficient (Wildman–Crippen LogP) is 4.49. The first-order valence-electron chi connectivity index (χ1n) is 10.7. The highest BCUT2D eigenvalue weighted by atomic mass is 16.7. The van der Waals surface area contributed by atoms with Crippen molar-refractivity contribution in [1.29, 1.82) is 0 Å². The molecule has 1 aliphatic heterocycles. The Morgan fingerprint density at radius 1 is 1.22 bits per heavy atom. The van der Waals surface area contributed by atoms with E-state index in [1.807, 2.05) is 20.8 Å². The molecule has 1 fully saturated rings. The minimum Gasteiger partial charge on any atom is -0.444 e. The lowest BCUT2D eigenvalue weighted by Gasteiger charge is -2.33. The van der Waals surface area contributed by atoms with Gasteiger partial charge in [-0.25, -0.2) is 4.79 Å². The lowest BCUT2D eigenvalue weighted by atomic mass is 10.0. The summed E-state index contributed by atoms with van der Waals surface area (Å²) in [4.78, 5) is 14.2. The van der Waals surface area contributed by atoms with Gasteiger partial charge in [0.05, 0.1) is 6.61 Å². The summed E-state index contributed by atoms with van der Waals surface area (Å²) in [5.41, 5.74) is -0.528. The molecule has 1 aliphatic rings. The van der Waals surface area contributed by atoms with Crippen LogP contribution in [-0.2, 0) is 14.2 Å². The van der Waals surface area contributed by atoms with Gasteiger partial charge in [0.15, 0.2) is 6.29 Å². The van der Waals surface area contributed by atoms with Crippen molar-refractivity contribution in [2.45, 2.75) is 103 Å². The number of carbonyl (C=O) groups is 1. The third-order valence-corrected chi connectivity index (χ3v) is 4.65.